The summed E-state index contributed by atoms with van der Waals surface area (Å²) >= 11 is 6.02. The first-order valence-corrected chi connectivity index (χ1v) is 8.86. The van der Waals surface area contributed by atoms with Gasteiger partial charge in [0, 0.05) is 21.8 Å². The molecule has 1 aliphatic carbocycles. The number of nitrogens with zero attached hydrogens (tertiary/aromatic N) is 1. The van der Waals surface area contributed by atoms with Gasteiger partial charge in [-0.2, -0.15) is 5.10 Å². The number of benzene rings is 2. The number of hydrazone groups is 1. The van der Waals surface area contributed by atoms with Crippen molar-refractivity contribution in [1.29, 1.82) is 0 Å². The number of allylic oxidation sites excluding steroid dienone is 2. The van der Waals surface area contributed by atoms with Crippen molar-refractivity contribution in [3.8, 4) is 0 Å². The Morgan fingerprint density at radius 2 is 1.84 bits per heavy atom. The zero-order valence-corrected chi connectivity index (χ0v) is 14.8. The highest BCUT2D eigenvalue weighted by Gasteiger charge is 2.38. The van der Waals surface area contributed by atoms with Crippen molar-refractivity contribution in [2.75, 3.05) is 5.32 Å². The molecule has 2 aromatic rings. The summed E-state index contributed by atoms with van der Waals surface area (Å²) in [7, 11) is 0. The Balaban J connectivity index is 1.77. The third kappa shape index (κ3) is 3.10. The Morgan fingerprint density at radius 1 is 1.08 bits per heavy atom. The van der Waals surface area contributed by atoms with E-state index in [9.17, 15) is 0 Å². The van der Waals surface area contributed by atoms with Gasteiger partial charge in [0.25, 0.3) is 0 Å². The van der Waals surface area contributed by atoms with E-state index >= 15 is 0 Å². The lowest BCUT2D eigenvalue weighted by atomic mass is 10.1. The quantitative estimate of drug-likeness (QED) is 0.816. The number of anilines is 1. The number of halogens is 1. The molecule has 0 amide bonds. The molecule has 1 fully saturated rings. The van der Waals surface area contributed by atoms with Crippen LogP contribution in [0.5, 0.6) is 0 Å². The molecule has 4 rings (SSSR count). The minimum absolute atomic E-state index is 0.696. The lowest BCUT2D eigenvalue weighted by Crippen LogP contribution is -2.48. The normalized spacial score (nSPS) is 22.4. The number of ether oxygens (including phenoxy) is 1. The number of fused-ring (bicyclic) bond motifs is 1. The molecule has 1 saturated carbocycles. The van der Waals surface area contributed by atoms with Crippen LogP contribution < -0.4 is 10.7 Å². The van der Waals surface area contributed by atoms with E-state index in [0.717, 1.165) is 42.0 Å². The van der Waals surface area contributed by atoms with Crippen molar-refractivity contribution < 1.29 is 4.74 Å². The highest BCUT2D eigenvalue weighted by Crippen LogP contribution is 2.35. The van der Waals surface area contributed by atoms with Crippen molar-refractivity contribution in [3.63, 3.8) is 0 Å². The smallest absolute Gasteiger partial charge is 0.301 e. The van der Waals surface area contributed by atoms with Crippen molar-refractivity contribution in [2.45, 2.75) is 32.0 Å². The van der Waals surface area contributed by atoms with E-state index in [0.29, 0.717) is 5.02 Å². The average molecular weight is 354 g/mol. The SMILES string of the molecule is CC1=C2CCCC2=NNC(Nc2ccc(Cl)cc2)(c2ccccc2)O1. The van der Waals surface area contributed by atoms with Gasteiger partial charge >= 0.3 is 5.85 Å². The van der Waals surface area contributed by atoms with Gasteiger partial charge in [0.2, 0.25) is 0 Å². The molecule has 1 atom stereocenters. The van der Waals surface area contributed by atoms with Gasteiger partial charge in [-0.25, -0.2) is 5.43 Å². The third-order valence-electron chi connectivity index (χ3n) is 4.61. The summed E-state index contributed by atoms with van der Waals surface area (Å²) in [5, 5.41) is 8.84. The summed E-state index contributed by atoms with van der Waals surface area (Å²) in [6, 6.07) is 17.6. The van der Waals surface area contributed by atoms with Gasteiger partial charge in [-0.05, 0) is 50.5 Å². The Morgan fingerprint density at radius 3 is 2.60 bits per heavy atom. The van der Waals surface area contributed by atoms with Gasteiger partial charge < -0.3 is 10.1 Å². The van der Waals surface area contributed by atoms with E-state index in [1.165, 1.54) is 5.57 Å². The zero-order valence-electron chi connectivity index (χ0n) is 14.1. The van der Waals surface area contributed by atoms with Crippen molar-refractivity contribution in [3.05, 3.63) is 76.5 Å². The molecule has 2 N–H and O–H groups in total. The molecule has 128 valence electrons. The summed E-state index contributed by atoms with van der Waals surface area (Å²) in [4.78, 5) is 0. The van der Waals surface area contributed by atoms with Gasteiger partial charge in [0.15, 0.2) is 0 Å². The number of hydrogen-bond donors (Lipinski definition) is 2. The molecule has 2 aliphatic rings. The van der Waals surface area contributed by atoms with Crippen molar-refractivity contribution in [2.24, 2.45) is 5.10 Å². The summed E-state index contributed by atoms with van der Waals surface area (Å²) in [5.41, 5.74) is 7.41. The topological polar surface area (TPSA) is 45.7 Å². The average Bonchev–Trinajstić information content (AvgIpc) is 3.06. The second kappa shape index (κ2) is 6.45. The van der Waals surface area contributed by atoms with E-state index < -0.39 is 5.85 Å². The lowest BCUT2D eigenvalue weighted by molar-refractivity contribution is -0.00569. The first kappa shape index (κ1) is 16.0. The van der Waals surface area contributed by atoms with Gasteiger partial charge in [-0.15, -0.1) is 0 Å². The van der Waals surface area contributed by atoms with Crippen LogP contribution in [0.4, 0.5) is 5.69 Å². The first-order chi connectivity index (χ1) is 12.2. The van der Waals surface area contributed by atoms with E-state index in [2.05, 4.69) is 15.8 Å². The third-order valence-corrected chi connectivity index (χ3v) is 4.87. The fraction of sp³-hybridized carbons (Fsp3) is 0.250. The van der Waals surface area contributed by atoms with Crippen LogP contribution in [0.2, 0.25) is 5.02 Å². The van der Waals surface area contributed by atoms with Crippen LogP contribution in [0, 0.1) is 0 Å². The molecular formula is C20H20ClN3O. The summed E-state index contributed by atoms with van der Waals surface area (Å²) in [6.45, 7) is 2.02. The maximum Gasteiger partial charge on any atom is 0.301 e. The molecular weight excluding hydrogens is 334 g/mol. The summed E-state index contributed by atoms with van der Waals surface area (Å²) in [6.07, 6.45) is 3.12. The monoisotopic (exact) mass is 353 g/mol. The van der Waals surface area contributed by atoms with Gasteiger partial charge in [0.1, 0.15) is 5.76 Å². The number of nitrogens with one attached hydrogen (secondary N) is 2. The Kier molecular flexibility index (Phi) is 4.14. The molecule has 1 unspecified atom stereocenters. The molecule has 1 heterocycles. The van der Waals surface area contributed by atoms with Crippen LogP contribution in [-0.2, 0) is 10.6 Å². The highest BCUT2D eigenvalue weighted by atomic mass is 35.5. The Bertz CT molecular complexity index is 830. The minimum Gasteiger partial charge on any atom is -0.449 e. The molecule has 0 saturated heterocycles. The summed E-state index contributed by atoms with van der Waals surface area (Å²) < 4.78 is 6.44. The largest absolute Gasteiger partial charge is 0.449 e. The fourth-order valence-corrected chi connectivity index (χ4v) is 3.48. The molecule has 5 heteroatoms. The maximum atomic E-state index is 6.44. The highest BCUT2D eigenvalue weighted by molar-refractivity contribution is 6.30. The van der Waals surface area contributed by atoms with Crippen LogP contribution in [0.15, 0.2) is 71.0 Å². The van der Waals surface area contributed by atoms with E-state index in [1.807, 2.05) is 61.5 Å². The second-order valence-corrected chi connectivity index (χ2v) is 6.78. The van der Waals surface area contributed by atoms with Crippen LogP contribution in [-0.4, -0.2) is 5.71 Å². The van der Waals surface area contributed by atoms with E-state index in [-0.39, 0.29) is 0 Å². The van der Waals surface area contributed by atoms with Gasteiger partial charge in [0.05, 0.1) is 5.71 Å². The molecule has 0 aromatic heterocycles. The fourth-order valence-electron chi connectivity index (χ4n) is 3.35. The summed E-state index contributed by atoms with van der Waals surface area (Å²) in [5.74, 6) is -0.0599. The maximum absolute atomic E-state index is 6.44. The first-order valence-electron chi connectivity index (χ1n) is 8.48. The molecule has 0 bridgehead atoms. The van der Waals surface area contributed by atoms with Crippen LogP contribution in [0.1, 0.15) is 31.7 Å². The van der Waals surface area contributed by atoms with Gasteiger partial charge in [-0.3, -0.25) is 0 Å². The number of hydrogen-bond acceptors (Lipinski definition) is 4. The van der Waals surface area contributed by atoms with E-state index in [4.69, 9.17) is 16.3 Å². The molecule has 0 radical (unpaired) electrons. The Hall–Kier alpha value is -2.46. The lowest BCUT2D eigenvalue weighted by Gasteiger charge is -2.35. The van der Waals surface area contributed by atoms with Crippen molar-refractivity contribution in [1.82, 2.24) is 5.43 Å². The van der Waals surface area contributed by atoms with E-state index in [1.54, 1.807) is 0 Å². The molecule has 4 nitrogen and oxygen atoms in total. The Labute approximate surface area is 152 Å². The van der Waals surface area contributed by atoms with Crippen LogP contribution in [0.25, 0.3) is 0 Å². The number of rotatable bonds is 3. The minimum atomic E-state index is -0.969. The van der Waals surface area contributed by atoms with Gasteiger partial charge in [-0.1, -0.05) is 41.9 Å². The molecule has 25 heavy (non-hydrogen) atoms. The zero-order chi connectivity index (χ0) is 17.3. The molecule has 0 spiro atoms. The second-order valence-electron chi connectivity index (χ2n) is 6.34. The standard InChI is InChI=1S/C20H20ClN3O/c1-14-18-8-5-9-19(18)23-24-20(25-14,15-6-3-2-4-7-15)22-17-12-10-16(21)11-13-17/h2-4,6-7,10-13,22,24H,5,8-9H2,1H3. The predicted octanol–water partition coefficient (Wildman–Crippen LogP) is 5.00. The predicted molar refractivity (Wildman–Crippen MR) is 101 cm³/mol. The molecule has 2 aromatic carbocycles. The molecule has 1 aliphatic heterocycles. The van der Waals surface area contributed by atoms with Crippen LogP contribution >= 0.6 is 11.6 Å². The van der Waals surface area contributed by atoms with Crippen molar-refractivity contribution >= 4 is 23.0 Å². The van der Waals surface area contributed by atoms with Crippen LogP contribution in [0.3, 0.4) is 0 Å².